The molecule has 0 aliphatic rings. The highest BCUT2D eigenvalue weighted by Crippen LogP contribution is 2.26. The van der Waals surface area contributed by atoms with E-state index < -0.39 is 5.97 Å². The first-order valence-corrected chi connectivity index (χ1v) is 4.29. The molecule has 0 aliphatic carbocycles. The number of halogens is 1. The molecule has 1 aromatic rings. The second kappa shape index (κ2) is 3.15. The van der Waals surface area contributed by atoms with Crippen molar-refractivity contribution in [1.29, 1.82) is 0 Å². The summed E-state index contributed by atoms with van der Waals surface area (Å²) < 4.78 is 0.366. The highest BCUT2D eigenvalue weighted by molar-refractivity contribution is 9.10. The summed E-state index contributed by atoms with van der Waals surface area (Å²) in [6, 6.07) is 0. The standard InChI is InChI=1S/C6H3BrO3S/c7-5-3(6(9)10)2-11-4(5)1-8/h1-2H,(H,9,10). The van der Waals surface area contributed by atoms with Gasteiger partial charge in [-0.15, -0.1) is 11.3 Å². The van der Waals surface area contributed by atoms with Crippen LogP contribution in [0.1, 0.15) is 20.0 Å². The maximum Gasteiger partial charge on any atom is 0.337 e. The third-order valence-electron chi connectivity index (χ3n) is 1.09. The van der Waals surface area contributed by atoms with Gasteiger partial charge in [0.1, 0.15) is 0 Å². The van der Waals surface area contributed by atoms with Gasteiger partial charge in [-0.3, -0.25) is 4.79 Å². The van der Waals surface area contributed by atoms with E-state index in [-0.39, 0.29) is 5.56 Å². The zero-order valence-corrected chi connectivity index (χ0v) is 7.61. The second-order valence-electron chi connectivity index (χ2n) is 1.75. The third-order valence-corrected chi connectivity index (χ3v) is 3.12. The molecule has 0 saturated heterocycles. The molecule has 1 heterocycles. The first kappa shape index (κ1) is 8.42. The maximum absolute atomic E-state index is 10.4. The molecule has 0 aromatic carbocycles. The zero-order chi connectivity index (χ0) is 8.43. The molecule has 58 valence electrons. The van der Waals surface area contributed by atoms with Crippen LogP contribution >= 0.6 is 27.3 Å². The van der Waals surface area contributed by atoms with Gasteiger partial charge in [0.05, 0.1) is 14.9 Å². The van der Waals surface area contributed by atoms with Crippen molar-refractivity contribution in [3.05, 3.63) is 20.3 Å². The fourth-order valence-electron chi connectivity index (χ4n) is 0.582. The Kier molecular flexibility index (Phi) is 2.41. The minimum atomic E-state index is -1.03. The van der Waals surface area contributed by atoms with Crippen molar-refractivity contribution in [2.45, 2.75) is 0 Å². The van der Waals surface area contributed by atoms with Crippen LogP contribution in [0.5, 0.6) is 0 Å². The summed E-state index contributed by atoms with van der Waals surface area (Å²) in [5, 5.41) is 9.96. The Morgan fingerprint density at radius 3 is 2.64 bits per heavy atom. The molecule has 0 unspecified atom stereocenters. The van der Waals surface area contributed by atoms with Crippen molar-refractivity contribution in [1.82, 2.24) is 0 Å². The van der Waals surface area contributed by atoms with Gasteiger partial charge in [0.15, 0.2) is 6.29 Å². The number of thiophene rings is 1. The molecular formula is C6H3BrO3S. The highest BCUT2D eigenvalue weighted by atomic mass is 79.9. The Morgan fingerprint density at radius 2 is 2.36 bits per heavy atom. The van der Waals surface area contributed by atoms with E-state index in [1.54, 1.807) is 0 Å². The summed E-state index contributed by atoms with van der Waals surface area (Å²) in [5.74, 6) is -1.03. The van der Waals surface area contributed by atoms with Gasteiger partial charge in [0, 0.05) is 5.38 Å². The van der Waals surface area contributed by atoms with Gasteiger partial charge in [-0.1, -0.05) is 0 Å². The number of carbonyl (C=O) groups is 2. The second-order valence-corrected chi connectivity index (χ2v) is 3.45. The topological polar surface area (TPSA) is 54.4 Å². The van der Waals surface area contributed by atoms with E-state index in [0.29, 0.717) is 15.6 Å². The number of hydrogen-bond acceptors (Lipinski definition) is 3. The number of carboxylic acid groups (broad SMARTS) is 1. The smallest absolute Gasteiger partial charge is 0.337 e. The fraction of sp³-hybridized carbons (Fsp3) is 0. The van der Waals surface area contributed by atoms with Crippen LogP contribution in [0.3, 0.4) is 0 Å². The predicted octanol–water partition coefficient (Wildman–Crippen LogP) is 2.02. The fourth-order valence-corrected chi connectivity index (χ4v) is 2.12. The lowest BCUT2D eigenvalue weighted by Gasteiger charge is -1.87. The first-order chi connectivity index (χ1) is 5.16. The average molecular weight is 235 g/mol. The van der Waals surface area contributed by atoms with Crippen LogP contribution in [0.25, 0.3) is 0 Å². The van der Waals surface area contributed by atoms with Crippen LogP contribution in [0.4, 0.5) is 0 Å². The molecule has 1 N–H and O–H groups in total. The molecular weight excluding hydrogens is 232 g/mol. The van der Waals surface area contributed by atoms with Gasteiger partial charge in [-0.2, -0.15) is 0 Å². The van der Waals surface area contributed by atoms with E-state index in [1.165, 1.54) is 5.38 Å². The van der Waals surface area contributed by atoms with Crippen LogP contribution in [0.15, 0.2) is 9.85 Å². The summed E-state index contributed by atoms with van der Waals surface area (Å²) in [6.45, 7) is 0. The van der Waals surface area contributed by atoms with Gasteiger partial charge >= 0.3 is 5.97 Å². The molecule has 1 rings (SSSR count). The van der Waals surface area contributed by atoms with Gasteiger partial charge in [0.2, 0.25) is 0 Å². The zero-order valence-electron chi connectivity index (χ0n) is 5.20. The van der Waals surface area contributed by atoms with E-state index in [1.807, 2.05) is 0 Å². The quantitative estimate of drug-likeness (QED) is 0.797. The number of hydrogen-bond donors (Lipinski definition) is 1. The average Bonchev–Trinajstić information content (AvgIpc) is 2.30. The van der Waals surface area contributed by atoms with Crippen molar-refractivity contribution in [2.75, 3.05) is 0 Å². The number of aromatic carboxylic acids is 1. The Labute approximate surface area is 74.8 Å². The van der Waals surface area contributed by atoms with E-state index in [9.17, 15) is 9.59 Å². The van der Waals surface area contributed by atoms with E-state index >= 15 is 0 Å². The summed E-state index contributed by atoms with van der Waals surface area (Å²) >= 11 is 4.12. The van der Waals surface area contributed by atoms with Crippen molar-refractivity contribution >= 4 is 39.5 Å². The largest absolute Gasteiger partial charge is 0.478 e. The van der Waals surface area contributed by atoms with Crippen LogP contribution in [-0.4, -0.2) is 17.4 Å². The van der Waals surface area contributed by atoms with Crippen LogP contribution in [-0.2, 0) is 0 Å². The Morgan fingerprint density at radius 1 is 1.73 bits per heavy atom. The number of rotatable bonds is 2. The number of aldehydes is 1. The van der Waals surface area contributed by atoms with Gasteiger partial charge < -0.3 is 5.11 Å². The summed E-state index contributed by atoms with van der Waals surface area (Å²) in [5.41, 5.74) is 0.136. The lowest BCUT2D eigenvalue weighted by molar-refractivity contribution is 0.0696. The normalized spacial score (nSPS) is 9.55. The number of carboxylic acids is 1. The molecule has 0 saturated carbocycles. The highest BCUT2D eigenvalue weighted by Gasteiger charge is 2.13. The van der Waals surface area contributed by atoms with Crippen molar-refractivity contribution < 1.29 is 14.7 Å². The maximum atomic E-state index is 10.4. The Balaban J connectivity index is 3.20. The Bertz CT molecular complexity index is 305. The van der Waals surface area contributed by atoms with Crippen molar-refractivity contribution in [3.8, 4) is 0 Å². The third kappa shape index (κ3) is 1.49. The summed E-state index contributed by atoms with van der Waals surface area (Å²) in [6.07, 6.45) is 0.626. The van der Waals surface area contributed by atoms with Crippen molar-refractivity contribution in [2.24, 2.45) is 0 Å². The lowest BCUT2D eigenvalue weighted by Crippen LogP contribution is -1.94. The number of carbonyl (C=O) groups excluding carboxylic acids is 1. The molecule has 0 fully saturated rings. The minimum Gasteiger partial charge on any atom is -0.478 e. The SMILES string of the molecule is O=Cc1scc(C(=O)O)c1Br. The van der Waals surface area contributed by atoms with Crippen LogP contribution in [0.2, 0.25) is 0 Å². The molecule has 0 atom stereocenters. The van der Waals surface area contributed by atoms with E-state index in [0.717, 1.165) is 11.3 Å². The van der Waals surface area contributed by atoms with Gasteiger partial charge in [-0.05, 0) is 15.9 Å². The molecule has 0 radical (unpaired) electrons. The molecule has 0 aliphatic heterocycles. The van der Waals surface area contributed by atoms with Crippen LogP contribution in [0, 0.1) is 0 Å². The molecule has 0 amide bonds. The summed E-state index contributed by atoms with van der Waals surface area (Å²) in [4.78, 5) is 21.1. The molecule has 11 heavy (non-hydrogen) atoms. The van der Waals surface area contributed by atoms with Crippen LogP contribution < -0.4 is 0 Å². The summed E-state index contributed by atoms with van der Waals surface area (Å²) in [7, 11) is 0. The van der Waals surface area contributed by atoms with E-state index in [2.05, 4.69) is 15.9 Å². The molecule has 0 spiro atoms. The van der Waals surface area contributed by atoms with Gasteiger partial charge in [0.25, 0.3) is 0 Å². The predicted molar refractivity (Wildman–Crippen MR) is 44.4 cm³/mol. The monoisotopic (exact) mass is 234 g/mol. The van der Waals surface area contributed by atoms with E-state index in [4.69, 9.17) is 5.11 Å². The molecule has 1 aromatic heterocycles. The molecule has 0 bridgehead atoms. The molecule has 3 nitrogen and oxygen atoms in total. The first-order valence-electron chi connectivity index (χ1n) is 2.62. The Hall–Kier alpha value is -0.680. The van der Waals surface area contributed by atoms with Gasteiger partial charge in [-0.25, -0.2) is 4.79 Å². The van der Waals surface area contributed by atoms with Crippen molar-refractivity contribution in [3.63, 3.8) is 0 Å². The minimum absolute atomic E-state index is 0.136. The molecule has 5 heteroatoms. The lowest BCUT2D eigenvalue weighted by atomic mass is 10.3.